The largest absolute Gasteiger partial charge is 1.00 e. The van der Waals surface area contributed by atoms with Crippen molar-refractivity contribution in [2.45, 2.75) is 37.9 Å². The summed E-state index contributed by atoms with van der Waals surface area (Å²) in [7, 11) is 3.82. The third kappa shape index (κ3) is 4.48. The molecule has 3 nitrogen and oxygen atoms in total. The van der Waals surface area contributed by atoms with Gasteiger partial charge in [0.25, 0.3) is 0 Å². The van der Waals surface area contributed by atoms with Gasteiger partial charge in [-0.15, -0.1) is 0 Å². The van der Waals surface area contributed by atoms with Crippen LogP contribution in [0.4, 0.5) is 0 Å². The van der Waals surface area contributed by atoms with Gasteiger partial charge in [0, 0.05) is 0 Å². The molecule has 13 heavy (non-hydrogen) atoms. The van der Waals surface area contributed by atoms with Crippen LogP contribution in [0.5, 0.6) is 0 Å². The smallest absolute Gasteiger partial charge is 0.323 e. The number of ether oxygens (including phenoxy) is 1. The Labute approximate surface area is 85.8 Å². The maximum Gasteiger partial charge on any atom is 0.323 e. The molecule has 0 amide bonds. The SMILES string of the molecule is C[N+](C)=COC1CCCCC1O.[Cl-]. The zero-order valence-electron chi connectivity index (χ0n) is 8.24. The predicted octanol–water partition coefficient (Wildman–Crippen LogP) is -2.39. The fourth-order valence-corrected chi connectivity index (χ4v) is 1.44. The minimum Gasteiger partial charge on any atom is -1.00 e. The summed E-state index contributed by atoms with van der Waals surface area (Å²) in [4.78, 5) is 0. The Bertz CT molecular complexity index is 169. The van der Waals surface area contributed by atoms with Crippen LogP contribution >= 0.6 is 0 Å². The van der Waals surface area contributed by atoms with Crippen molar-refractivity contribution in [3.8, 4) is 0 Å². The van der Waals surface area contributed by atoms with Crippen molar-refractivity contribution in [2.24, 2.45) is 0 Å². The summed E-state index contributed by atoms with van der Waals surface area (Å²) in [5, 5.41) is 9.52. The average Bonchev–Trinajstić information content (AvgIpc) is 2.03. The van der Waals surface area contributed by atoms with E-state index in [0.717, 1.165) is 19.3 Å². The molecule has 0 saturated heterocycles. The summed E-state index contributed by atoms with van der Waals surface area (Å²) in [5.41, 5.74) is 0. The Balaban J connectivity index is 0.00000144. The Morgan fingerprint density at radius 3 is 2.46 bits per heavy atom. The van der Waals surface area contributed by atoms with Gasteiger partial charge in [0.15, 0.2) is 0 Å². The molecule has 78 valence electrons. The standard InChI is InChI=1S/C9H18NO2.ClH/c1-10(2)7-12-9-6-4-3-5-8(9)11;/h7-9,11H,3-6H2,1-2H3;1H/q+1;/p-1. The molecule has 1 rings (SSSR count). The van der Waals surface area contributed by atoms with Crippen molar-refractivity contribution in [3.63, 3.8) is 0 Å². The van der Waals surface area contributed by atoms with Gasteiger partial charge in [-0.25, -0.2) is 4.58 Å². The van der Waals surface area contributed by atoms with Gasteiger partial charge < -0.3 is 22.3 Å². The number of rotatable bonds is 2. The fourth-order valence-electron chi connectivity index (χ4n) is 1.44. The van der Waals surface area contributed by atoms with Gasteiger partial charge in [-0.05, 0) is 19.3 Å². The molecule has 4 heteroatoms. The lowest BCUT2D eigenvalue weighted by Crippen LogP contribution is -3.00. The molecule has 0 bridgehead atoms. The molecular formula is C9H18ClNO2. The van der Waals surface area contributed by atoms with E-state index in [1.807, 2.05) is 18.7 Å². The highest BCUT2D eigenvalue weighted by Crippen LogP contribution is 2.20. The van der Waals surface area contributed by atoms with Crippen LogP contribution in [0, 0.1) is 0 Å². The molecule has 0 spiro atoms. The van der Waals surface area contributed by atoms with E-state index < -0.39 is 0 Å². The van der Waals surface area contributed by atoms with Crippen LogP contribution in [-0.4, -0.2) is 42.4 Å². The van der Waals surface area contributed by atoms with Crippen molar-refractivity contribution in [1.29, 1.82) is 0 Å². The second-order valence-corrected chi connectivity index (χ2v) is 3.60. The maximum absolute atomic E-state index is 9.52. The first-order valence-corrected chi connectivity index (χ1v) is 4.53. The highest BCUT2D eigenvalue weighted by Gasteiger charge is 2.24. The Morgan fingerprint density at radius 1 is 1.31 bits per heavy atom. The normalized spacial score (nSPS) is 27.3. The van der Waals surface area contributed by atoms with Crippen LogP contribution in [-0.2, 0) is 4.74 Å². The molecule has 1 fully saturated rings. The molecule has 1 saturated carbocycles. The number of nitrogens with zero attached hydrogens (tertiary/aromatic N) is 1. The molecule has 1 aliphatic rings. The number of aliphatic hydroxyl groups is 1. The summed E-state index contributed by atoms with van der Waals surface area (Å²) in [6.45, 7) is 0. The summed E-state index contributed by atoms with van der Waals surface area (Å²) in [6, 6.07) is 0. The lowest BCUT2D eigenvalue weighted by molar-refractivity contribution is -0.469. The lowest BCUT2D eigenvalue weighted by Gasteiger charge is -2.25. The number of aliphatic hydroxyl groups excluding tert-OH is 1. The van der Waals surface area contributed by atoms with Crippen LogP contribution in [0.25, 0.3) is 0 Å². The molecule has 0 aliphatic heterocycles. The average molecular weight is 208 g/mol. The Kier molecular flexibility index (Phi) is 6.08. The quantitative estimate of drug-likeness (QED) is 0.312. The maximum atomic E-state index is 9.52. The van der Waals surface area contributed by atoms with E-state index >= 15 is 0 Å². The third-order valence-corrected chi connectivity index (χ3v) is 2.11. The molecule has 2 atom stereocenters. The number of hydrogen-bond donors (Lipinski definition) is 1. The Morgan fingerprint density at radius 2 is 1.92 bits per heavy atom. The van der Waals surface area contributed by atoms with Gasteiger partial charge in [-0.1, -0.05) is 6.42 Å². The topological polar surface area (TPSA) is 32.5 Å². The van der Waals surface area contributed by atoms with E-state index in [1.165, 1.54) is 6.42 Å². The van der Waals surface area contributed by atoms with Gasteiger partial charge >= 0.3 is 6.40 Å². The van der Waals surface area contributed by atoms with Crippen molar-refractivity contribution in [1.82, 2.24) is 0 Å². The summed E-state index contributed by atoms with van der Waals surface area (Å²) in [6.07, 6.45) is 5.57. The van der Waals surface area contributed by atoms with Gasteiger partial charge in [0.2, 0.25) is 0 Å². The van der Waals surface area contributed by atoms with E-state index in [9.17, 15) is 5.11 Å². The van der Waals surface area contributed by atoms with E-state index in [4.69, 9.17) is 4.74 Å². The molecule has 1 N–H and O–H groups in total. The first-order chi connectivity index (χ1) is 5.70. The van der Waals surface area contributed by atoms with Gasteiger partial charge in [-0.2, -0.15) is 0 Å². The monoisotopic (exact) mass is 207 g/mol. The molecule has 1 aliphatic carbocycles. The van der Waals surface area contributed by atoms with Gasteiger partial charge in [0.1, 0.15) is 20.2 Å². The van der Waals surface area contributed by atoms with Crippen molar-refractivity contribution in [3.05, 3.63) is 0 Å². The van der Waals surface area contributed by atoms with Crippen molar-refractivity contribution < 1.29 is 26.8 Å². The molecule has 0 aromatic heterocycles. The van der Waals surface area contributed by atoms with Crippen LogP contribution < -0.4 is 12.4 Å². The summed E-state index contributed by atoms with van der Waals surface area (Å²) >= 11 is 0. The first kappa shape index (κ1) is 12.7. The molecule has 0 aromatic rings. The van der Waals surface area contributed by atoms with E-state index in [1.54, 1.807) is 6.40 Å². The third-order valence-electron chi connectivity index (χ3n) is 2.11. The zero-order valence-corrected chi connectivity index (χ0v) is 9.00. The molecule has 0 heterocycles. The molecule has 0 radical (unpaired) electrons. The lowest BCUT2D eigenvalue weighted by atomic mass is 9.95. The number of hydrogen-bond acceptors (Lipinski definition) is 2. The van der Waals surface area contributed by atoms with Crippen molar-refractivity contribution >= 4 is 6.40 Å². The van der Waals surface area contributed by atoms with Crippen LogP contribution in [0.1, 0.15) is 25.7 Å². The fraction of sp³-hybridized carbons (Fsp3) is 0.889. The van der Waals surface area contributed by atoms with E-state index in [-0.39, 0.29) is 24.6 Å². The van der Waals surface area contributed by atoms with Crippen LogP contribution in [0.2, 0.25) is 0 Å². The van der Waals surface area contributed by atoms with Gasteiger partial charge in [-0.3, -0.25) is 0 Å². The summed E-state index contributed by atoms with van der Waals surface area (Å²) in [5.74, 6) is 0. The Hall–Kier alpha value is -0.280. The molecule has 0 aromatic carbocycles. The molecular weight excluding hydrogens is 190 g/mol. The summed E-state index contributed by atoms with van der Waals surface area (Å²) < 4.78 is 7.26. The first-order valence-electron chi connectivity index (χ1n) is 4.53. The highest BCUT2D eigenvalue weighted by atomic mass is 35.5. The zero-order chi connectivity index (χ0) is 8.97. The number of halogens is 1. The minimum absolute atomic E-state index is 0. The second kappa shape index (κ2) is 6.22. The predicted molar refractivity (Wildman–Crippen MR) is 47.5 cm³/mol. The van der Waals surface area contributed by atoms with E-state index in [2.05, 4.69) is 0 Å². The highest BCUT2D eigenvalue weighted by molar-refractivity contribution is 5.39. The van der Waals surface area contributed by atoms with Gasteiger partial charge in [0.05, 0.1) is 6.10 Å². The minimum atomic E-state index is -0.269. The van der Waals surface area contributed by atoms with Crippen LogP contribution in [0.15, 0.2) is 0 Å². The van der Waals surface area contributed by atoms with Crippen LogP contribution in [0.3, 0.4) is 0 Å². The van der Waals surface area contributed by atoms with E-state index in [0.29, 0.717) is 0 Å². The van der Waals surface area contributed by atoms with Crippen molar-refractivity contribution in [2.75, 3.05) is 14.1 Å². The second-order valence-electron chi connectivity index (χ2n) is 3.60. The molecule has 2 unspecified atom stereocenters.